The number of rotatable bonds is 9. The minimum atomic E-state index is -0.890. The number of carbonyl (C=O) groups excluding carboxylic acids is 2. The van der Waals surface area contributed by atoms with Crippen molar-refractivity contribution in [1.29, 1.82) is 0 Å². The molecule has 7 heteroatoms. The highest BCUT2D eigenvalue weighted by atomic mass is 16.5. The predicted octanol–water partition coefficient (Wildman–Crippen LogP) is 4.56. The van der Waals surface area contributed by atoms with Crippen LogP contribution in [0.5, 0.6) is 0 Å². The second-order valence-corrected chi connectivity index (χ2v) is 9.97. The van der Waals surface area contributed by atoms with Crippen LogP contribution in [0.2, 0.25) is 0 Å². The molecule has 0 saturated carbocycles. The van der Waals surface area contributed by atoms with Crippen molar-refractivity contribution in [3.05, 3.63) is 59.7 Å². The molecule has 7 nitrogen and oxygen atoms in total. The zero-order valence-corrected chi connectivity index (χ0v) is 20.3. The van der Waals surface area contributed by atoms with Crippen molar-refractivity contribution in [2.45, 2.75) is 52.5 Å². The van der Waals surface area contributed by atoms with Gasteiger partial charge in [-0.3, -0.25) is 9.59 Å². The van der Waals surface area contributed by atoms with Gasteiger partial charge in [-0.1, -0.05) is 76.2 Å². The Kier molecular flexibility index (Phi) is 7.97. The van der Waals surface area contributed by atoms with Crippen LogP contribution in [0.1, 0.15) is 57.6 Å². The molecule has 3 rings (SSSR count). The third-order valence-corrected chi connectivity index (χ3v) is 6.39. The Bertz CT molecular complexity index is 998. The van der Waals surface area contributed by atoms with Gasteiger partial charge in [0.05, 0.1) is 5.92 Å². The van der Waals surface area contributed by atoms with Gasteiger partial charge in [-0.15, -0.1) is 0 Å². The van der Waals surface area contributed by atoms with Crippen LogP contribution in [0, 0.1) is 11.3 Å². The van der Waals surface area contributed by atoms with E-state index in [0.29, 0.717) is 6.42 Å². The molecule has 2 atom stereocenters. The Morgan fingerprint density at radius 2 is 1.56 bits per heavy atom. The molecular formula is C27H34N2O5. The molecule has 2 aromatic rings. The van der Waals surface area contributed by atoms with Gasteiger partial charge in [0.2, 0.25) is 5.91 Å². The summed E-state index contributed by atoms with van der Waals surface area (Å²) in [5.41, 5.74) is 4.22. The lowest BCUT2D eigenvalue weighted by Crippen LogP contribution is -2.47. The average molecular weight is 467 g/mol. The molecule has 0 bridgehead atoms. The number of carboxylic acids is 1. The summed E-state index contributed by atoms with van der Waals surface area (Å²) >= 11 is 0. The Balaban J connectivity index is 1.57. The largest absolute Gasteiger partial charge is 0.481 e. The van der Waals surface area contributed by atoms with E-state index in [-0.39, 0.29) is 36.8 Å². The molecule has 0 aromatic heterocycles. The van der Waals surface area contributed by atoms with Crippen LogP contribution in [-0.4, -0.2) is 42.3 Å². The molecular weight excluding hydrogens is 432 g/mol. The fourth-order valence-corrected chi connectivity index (χ4v) is 4.17. The maximum atomic E-state index is 12.7. The third kappa shape index (κ3) is 6.16. The summed E-state index contributed by atoms with van der Waals surface area (Å²) in [6.45, 7) is 7.92. The van der Waals surface area contributed by atoms with Crippen molar-refractivity contribution >= 4 is 18.0 Å². The fraction of sp³-hybridized carbons (Fsp3) is 0.444. The Morgan fingerprint density at radius 3 is 2.09 bits per heavy atom. The van der Waals surface area contributed by atoms with E-state index in [9.17, 15) is 14.4 Å². The van der Waals surface area contributed by atoms with Crippen molar-refractivity contribution < 1.29 is 24.2 Å². The molecule has 34 heavy (non-hydrogen) atoms. The summed E-state index contributed by atoms with van der Waals surface area (Å²) in [6.07, 6.45) is -0.134. The maximum Gasteiger partial charge on any atom is 0.407 e. The van der Waals surface area contributed by atoms with E-state index in [2.05, 4.69) is 34.9 Å². The standard InChI is InChI=1S/C27H34N2O5/c1-17(25(31)32)13-14-28-24(30)15-23(27(2,3)4)29-26(33)34-16-22-20-11-7-5-9-18(20)19-10-6-8-12-21(19)22/h5-12,17,22-23H,13-16H2,1-4H3,(H,28,30)(H,29,33)(H,31,32). The van der Waals surface area contributed by atoms with Crippen molar-refractivity contribution in [2.75, 3.05) is 13.2 Å². The maximum absolute atomic E-state index is 12.7. The number of amides is 2. The number of fused-ring (bicyclic) bond motifs is 3. The summed E-state index contributed by atoms with van der Waals surface area (Å²) in [5.74, 6) is -1.70. The first-order chi connectivity index (χ1) is 16.1. The molecule has 2 unspecified atom stereocenters. The molecule has 3 N–H and O–H groups in total. The number of hydrogen-bond donors (Lipinski definition) is 3. The van der Waals surface area contributed by atoms with E-state index in [4.69, 9.17) is 9.84 Å². The first-order valence-corrected chi connectivity index (χ1v) is 11.7. The molecule has 0 saturated heterocycles. The van der Waals surface area contributed by atoms with Crippen molar-refractivity contribution in [1.82, 2.24) is 10.6 Å². The molecule has 2 amide bonds. The molecule has 0 spiro atoms. The fourth-order valence-electron chi connectivity index (χ4n) is 4.17. The highest BCUT2D eigenvalue weighted by molar-refractivity contribution is 5.79. The van der Waals surface area contributed by atoms with Crippen LogP contribution in [-0.2, 0) is 14.3 Å². The normalized spacial score (nSPS) is 14.5. The predicted molar refractivity (Wildman–Crippen MR) is 130 cm³/mol. The SMILES string of the molecule is CC(CCNC(=O)CC(NC(=O)OCC1c2ccccc2-c2ccccc21)C(C)(C)C)C(=O)O. The minimum absolute atomic E-state index is 0.0363. The highest BCUT2D eigenvalue weighted by Gasteiger charge is 2.31. The number of nitrogens with one attached hydrogen (secondary N) is 2. The Labute approximate surface area is 200 Å². The molecule has 0 radical (unpaired) electrons. The highest BCUT2D eigenvalue weighted by Crippen LogP contribution is 2.44. The van der Waals surface area contributed by atoms with E-state index in [1.807, 2.05) is 45.0 Å². The van der Waals surface area contributed by atoms with Gasteiger partial charge in [0.1, 0.15) is 6.61 Å². The molecule has 2 aromatic carbocycles. The van der Waals surface area contributed by atoms with Crippen LogP contribution in [0.25, 0.3) is 11.1 Å². The molecule has 182 valence electrons. The van der Waals surface area contributed by atoms with E-state index in [0.717, 1.165) is 22.3 Å². The summed E-state index contributed by atoms with van der Waals surface area (Å²) in [6, 6.07) is 15.8. The van der Waals surface area contributed by atoms with Crippen LogP contribution >= 0.6 is 0 Å². The number of carbonyl (C=O) groups is 3. The molecule has 1 aliphatic rings. The van der Waals surface area contributed by atoms with Gasteiger partial charge < -0.3 is 20.5 Å². The third-order valence-electron chi connectivity index (χ3n) is 6.39. The van der Waals surface area contributed by atoms with Crippen LogP contribution < -0.4 is 10.6 Å². The topological polar surface area (TPSA) is 105 Å². The van der Waals surface area contributed by atoms with Gasteiger partial charge in [-0.25, -0.2) is 4.79 Å². The Hall–Kier alpha value is -3.35. The average Bonchev–Trinajstić information content (AvgIpc) is 3.10. The lowest BCUT2D eigenvalue weighted by Gasteiger charge is -2.31. The number of hydrogen-bond acceptors (Lipinski definition) is 4. The van der Waals surface area contributed by atoms with Crippen molar-refractivity contribution in [3.63, 3.8) is 0 Å². The zero-order chi connectivity index (χ0) is 24.9. The van der Waals surface area contributed by atoms with Gasteiger partial charge in [0, 0.05) is 24.9 Å². The first kappa shape index (κ1) is 25.3. The second kappa shape index (κ2) is 10.7. The minimum Gasteiger partial charge on any atom is -0.481 e. The lowest BCUT2D eigenvalue weighted by molar-refractivity contribution is -0.141. The van der Waals surface area contributed by atoms with E-state index in [1.54, 1.807) is 6.92 Å². The lowest BCUT2D eigenvalue weighted by atomic mass is 9.84. The smallest absolute Gasteiger partial charge is 0.407 e. The molecule has 0 heterocycles. The quantitative estimate of drug-likeness (QED) is 0.503. The van der Waals surface area contributed by atoms with Gasteiger partial charge in [0.15, 0.2) is 0 Å². The van der Waals surface area contributed by atoms with E-state index in [1.165, 1.54) is 0 Å². The van der Waals surface area contributed by atoms with Crippen LogP contribution in [0.3, 0.4) is 0 Å². The van der Waals surface area contributed by atoms with Crippen LogP contribution in [0.4, 0.5) is 4.79 Å². The summed E-state index contributed by atoms with van der Waals surface area (Å²) < 4.78 is 5.64. The summed E-state index contributed by atoms with van der Waals surface area (Å²) in [5, 5.41) is 14.6. The van der Waals surface area contributed by atoms with Crippen molar-refractivity contribution in [2.24, 2.45) is 11.3 Å². The number of aliphatic carboxylic acids is 1. The van der Waals surface area contributed by atoms with Gasteiger partial charge in [-0.2, -0.15) is 0 Å². The zero-order valence-electron chi connectivity index (χ0n) is 20.3. The van der Waals surface area contributed by atoms with Crippen molar-refractivity contribution in [3.8, 4) is 11.1 Å². The summed E-state index contributed by atoms with van der Waals surface area (Å²) in [7, 11) is 0. The van der Waals surface area contributed by atoms with E-state index < -0.39 is 24.0 Å². The summed E-state index contributed by atoms with van der Waals surface area (Å²) in [4.78, 5) is 36.1. The Morgan fingerprint density at radius 1 is 1.00 bits per heavy atom. The second-order valence-electron chi connectivity index (χ2n) is 9.97. The number of ether oxygens (including phenoxy) is 1. The monoisotopic (exact) mass is 466 g/mol. The van der Waals surface area contributed by atoms with Gasteiger partial charge in [0.25, 0.3) is 0 Å². The number of carboxylic acid groups (broad SMARTS) is 1. The van der Waals surface area contributed by atoms with E-state index >= 15 is 0 Å². The number of alkyl carbamates (subject to hydrolysis) is 1. The van der Waals surface area contributed by atoms with Gasteiger partial charge in [-0.05, 0) is 34.1 Å². The van der Waals surface area contributed by atoms with Gasteiger partial charge >= 0.3 is 12.1 Å². The number of benzene rings is 2. The molecule has 0 aliphatic heterocycles. The van der Waals surface area contributed by atoms with Crippen LogP contribution in [0.15, 0.2) is 48.5 Å². The first-order valence-electron chi connectivity index (χ1n) is 11.7. The molecule has 0 fully saturated rings. The molecule has 1 aliphatic carbocycles.